The zero-order chi connectivity index (χ0) is 42.3. The van der Waals surface area contributed by atoms with Gasteiger partial charge in [0.15, 0.2) is 0 Å². The molecule has 350 valence electrons. The van der Waals surface area contributed by atoms with Gasteiger partial charge in [0.1, 0.15) is 11.4 Å². The van der Waals surface area contributed by atoms with Crippen molar-refractivity contribution in [3.63, 3.8) is 0 Å². The van der Waals surface area contributed by atoms with Crippen LogP contribution in [0.25, 0.3) is 0 Å². The maximum absolute atomic E-state index is 12.5. The molecule has 2 aromatic rings. The summed E-state index contributed by atoms with van der Waals surface area (Å²) in [6.07, 6.45) is 14.2. The molecule has 5 aliphatic heterocycles. The van der Waals surface area contributed by atoms with Crippen LogP contribution in [0.3, 0.4) is 0 Å². The van der Waals surface area contributed by atoms with Crippen LogP contribution < -0.4 is 5.32 Å². The van der Waals surface area contributed by atoms with E-state index in [9.17, 15) is 9.59 Å². The van der Waals surface area contributed by atoms with Crippen molar-refractivity contribution in [2.24, 2.45) is 0 Å². The summed E-state index contributed by atoms with van der Waals surface area (Å²) in [7, 11) is 0. The van der Waals surface area contributed by atoms with E-state index < -0.39 is 5.60 Å². The van der Waals surface area contributed by atoms with Gasteiger partial charge in [-0.1, -0.05) is 53.9 Å². The minimum atomic E-state index is -0.449. The lowest BCUT2D eigenvalue weighted by Crippen LogP contribution is -2.59. The first kappa shape index (κ1) is 52.9. The molecule has 1 saturated carbocycles. The lowest BCUT2D eigenvalue weighted by Gasteiger charge is -2.49. The van der Waals surface area contributed by atoms with Gasteiger partial charge in [0.2, 0.25) is 0 Å². The van der Waals surface area contributed by atoms with Gasteiger partial charge in [-0.2, -0.15) is 0 Å². The predicted molar refractivity (Wildman–Crippen MR) is 257 cm³/mol. The summed E-state index contributed by atoms with van der Waals surface area (Å²) in [5, 5.41) is 5.32. The number of Topliss-reactive ketones (excluding diaryl/α,β-unsaturated/α-hetero) is 1. The van der Waals surface area contributed by atoms with E-state index in [0.29, 0.717) is 36.0 Å². The van der Waals surface area contributed by atoms with Gasteiger partial charge in [0.25, 0.3) is 0 Å². The van der Waals surface area contributed by atoms with Crippen LogP contribution in [-0.4, -0.2) is 146 Å². The Morgan fingerprint density at radius 1 is 0.677 bits per heavy atom. The van der Waals surface area contributed by atoms with Gasteiger partial charge < -0.3 is 24.4 Å². The zero-order valence-electron chi connectivity index (χ0n) is 37.6. The summed E-state index contributed by atoms with van der Waals surface area (Å²) in [4.78, 5) is 32.9. The van der Waals surface area contributed by atoms with Crippen LogP contribution >= 0.6 is 48.0 Å². The van der Waals surface area contributed by atoms with Gasteiger partial charge in [-0.3, -0.25) is 19.5 Å². The molecule has 0 spiro atoms. The molecule has 4 atom stereocenters. The Kier molecular flexibility index (Phi) is 23.1. The van der Waals surface area contributed by atoms with E-state index >= 15 is 0 Å². The number of ketones is 1. The van der Waals surface area contributed by atoms with Crippen molar-refractivity contribution in [3.05, 3.63) is 69.7 Å². The quantitative estimate of drug-likeness (QED) is 0.292. The Morgan fingerprint density at radius 3 is 1.68 bits per heavy atom. The maximum Gasteiger partial charge on any atom is 0.410 e. The molecular formula is C48H75Cl4N5O5. The van der Waals surface area contributed by atoms with Gasteiger partial charge in [-0.15, -0.1) is 24.8 Å². The fourth-order valence-electron chi connectivity index (χ4n) is 9.72. The predicted octanol–water partition coefficient (Wildman–Crippen LogP) is 9.15. The van der Waals surface area contributed by atoms with Gasteiger partial charge >= 0.3 is 6.09 Å². The molecule has 62 heavy (non-hydrogen) atoms. The third-order valence-electron chi connectivity index (χ3n) is 13.1. The normalized spacial score (nSPS) is 25.8. The van der Waals surface area contributed by atoms with Crippen molar-refractivity contribution < 1.29 is 23.8 Å². The Hall–Kier alpha value is -1.70. The number of carbonyl (C=O) groups is 2. The van der Waals surface area contributed by atoms with E-state index in [2.05, 4.69) is 44.3 Å². The Morgan fingerprint density at radius 2 is 1.19 bits per heavy atom. The number of piperidine rings is 3. The topological polar surface area (TPSA) is 86.8 Å². The van der Waals surface area contributed by atoms with E-state index in [4.69, 9.17) is 37.4 Å². The highest BCUT2D eigenvalue weighted by molar-refractivity contribution is 6.30. The number of hydrogen-bond acceptors (Lipinski definition) is 9. The number of carbonyl (C=O) groups excluding carboxylic acids is 2. The van der Waals surface area contributed by atoms with Gasteiger partial charge in [0.05, 0.1) is 26.4 Å². The van der Waals surface area contributed by atoms with Crippen molar-refractivity contribution >= 4 is 59.9 Å². The Bertz CT molecular complexity index is 1570. The van der Waals surface area contributed by atoms with E-state index in [1.165, 1.54) is 43.2 Å². The van der Waals surface area contributed by atoms with Gasteiger partial charge in [-0.25, -0.2) is 4.79 Å². The maximum atomic E-state index is 12.5. The Labute approximate surface area is 395 Å². The van der Waals surface area contributed by atoms with Crippen LogP contribution in [0.15, 0.2) is 48.5 Å². The van der Waals surface area contributed by atoms with Crippen LogP contribution in [0.1, 0.15) is 103 Å². The van der Waals surface area contributed by atoms with Crippen LogP contribution in [-0.2, 0) is 31.8 Å². The molecule has 6 fully saturated rings. The molecule has 10 nitrogen and oxygen atoms in total. The number of ether oxygens (including phenoxy) is 3. The van der Waals surface area contributed by atoms with Crippen molar-refractivity contribution in [2.75, 3.05) is 78.8 Å². The SMILES string of the molecule is CC(C)(C)OC(=O)N1CCC(N2C[C@H](N3CCOCC3)CC[C@@H]2Cc2ccc(Cl)cc2)CC1.Cl.Cl.Clc1ccc(C[C@H]2CC[C@@H](N3CCOCC3)CN2)cc1.O=C1CCCCC1. The largest absolute Gasteiger partial charge is 0.444 e. The van der Waals surface area contributed by atoms with Crippen LogP contribution in [0.2, 0.25) is 10.0 Å². The summed E-state index contributed by atoms with van der Waals surface area (Å²) in [6.45, 7) is 17.3. The van der Waals surface area contributed by atoms with Gasteiger partial charge in [0, 0.05) is 105 Å². The molecule has 1 amide bonds. The number of amides is 1. The van der Waals surface area contributed by atoms with E-state index in [0.717, 1.165) is 140 Å². The first-order valence-electron chi connectivity index (χ1n) is 23.1. The Balaban J connectivity index is 0.000000246. The van der Waals surface area contributed by atoms with Crippen LogP contribution in [0.4, 0.5) is 4.79 Å². The van der Waals surface area contributed by atoms with E-state index in [1.54, 1.807) is 0 Å². The summed E-state index contributed by atoms with van der Waals surface area (Å²) in [5.74, 6) is 0.464. The molecule has 2 aromatic carbocycles. The van der Waals surface area contributed by atoms with E-state index in [-0.39, 0.29) is 30.9 Å². The summed E-state index contributed by atoms with van der Waals surface area (Å²) in [6, 6.07) is 19.5. The fourth-order valence-corrected chi connectivity index (χ4v) is 9.97. The molecular weight excluding hydrogens is 868 g/mol. The number of nitrogens with one attached hydrogen (secondary N) is 1. The highest BCUT2D eigenvalue weighted by Crippen LogP contribution is 2.31. The molecule has 5 saturated heterocycles. The number of halogens is 4. The number of hydrogen-bond donors (Lipinski definition) is 1. The molecule has 0 radical (unpaired) electrons. The van der Waals surface area contributed by atoms with Crippen LogP contribution in [0, 0.1) is 0 Å². The zero-order valence-corrected chi connectivity index (χ0v) is 40.7. The average molecular weight is 944 g/mol. The van der Waals surface area contributed by atoms with Crippen molar-refractivity contribution in [3.8, 4) is 0 Å². The molecule has 0 aromatic heterocycles. The van der Waals surface area contributed by atoms with Crippen molar-refractivity contribution in [1.82, 2.24) is 24.9 Å². The standard InChI is InChI=1S/C26H40ClN3O3.C16H23ClN2O.C6H10O.2ClH/c1-26(2,3)33-25(31)29-12-10-22(11-13-29)30-19-24(28-14-16-32-17-15-28)9-8-23(30)18-20-4-6-21(27)7-5-20;17-14-3-1-13(2-4-14)11-15-5-6-16(12-18-15)19-7-9-20-10-8-19;7-6-4-2-1-3-5-6;;/h4-7,22-24H,8-19H2,1-3H3;1-4,15-16,18H,5-12H2;1-5H2;2*1H/t23-,24-;15-,16-;;;/m11.../s1. The number of rotatable bonds is 7. The lowest BCUT2D eigenvalue weighted by atomic mass is 9.88. The van der Waals surface area contributed by atoms with Crippen molar-refractivity contribution in [1.29, 1.82) is 0 Å². The smallest absolute Gasteiger partial charge is 0.410 e. The molecule has 1 N–H and O–H groups in total. The lowest BCUT2D eigenvalue weighted by molar-refractivity contribution is -0.120. The van der Waals surface area contributed by atoms with Gasteiger partial charge in [-0.05, 0) is 120 Å². The summed E-state index contributed by atoms with van der Waals surface area (Å²) >= 11 is 12.0. The molecule has 14 heteroatoms. The number of nitrogens with zero attached hydrogens (tertiary/aromatic N) is 4. The summed E-state index contributed by atoms with van der Waals surface area (Å²) in [5.41, 5.74) is 2.28. The highest BCUT2D eigenvalue weighted by Gasteiger charge is 2.38. The molecule has 1 aliphatic carbocycles. The molecule has 0 bridgehead atoms. The monoisotopic (exact) mass is 941 g/mol. The van der Waals surface area contributed by atoms with Crippen LogP contribution in [0.5, 0.6) is 0 Å². The van der Waals surface area contributed by atoms with Crippen molar-refractivity contribution in [2.45, 2.75) is 140 Å². The third-order valence-corrected chi connectivity index (χ3v) is 13.6. The second-order valence-corrected chi connectivity index (χ2v) is 19.5. The second kappa shape index (κ2) is 27.1. The fraction of sp³-hybridized carbons (Fsp3) is 0.708. The third kappa shape index (κ3) is 17.6. The van der Waals surface area contributed by atoms with E-state index in [1.807, 2.05) is 49.9 Å². The minimum Gasteiger partial charge on any atom is -0.444 e. The number of benzene rings is 2. The first-order valence-corrected chi connectivity index (χ1v) is 23.9. The minimum absolute atomic E-state index is 0. The molecule has 0 unspecified atom stereocenters. The number of likely N-dealkylation sites (tertiary alicyclic amines) is 2. The molecule has 6 aliphatic rings. The second-order valence-electron chi connectivity index (χ2n) is 18.7. The summed E-state index contributed by atoms with van der Waals surface area (Å²) < 4.78 is 16.6. The molecule has 8 rings (SSSR count). The number of morpholine rings is 2. The highest BCUT2D eigenvalue weighted by atomic mass is 35.5. The average Bonchev–Trinajstić information content (AvgIpc) is 3.26. The molecule has 5 heterocycles. The first-order chi connectivity index (χ1) is 29.0.